The van der Waals surface area contributed by atoms with Crippen LogP contribution in [0.25, 0.3) is 0 Å². The van der Waals surface area contributed by atoms with Crippen LogP contribution in [0.5, 0.6) is 0 Å². The molecule has 0 saturated heterocycles. The van der Waals surface area contributed by atoms with Crippen molar-refractivity contribution < 1.29 is 19.0 Å². The smallest absolute Gasteiger partial charge is 0.332 e. The largest absolute Gasteiger partial charge is 0.458 e. The number of rotatable bonds is 9. The van der Waals surface area contributed by atoms with Gasteiger partial charge in [-0.05, 0) is 67.9 Å². The van der Waals surface area contributed by atoms with Gasteiger partial charge in [0.05, 0.1) is 17.8 Å². The number of hydrogen-bond donors (Lipinski definition) is 1. The van der Waals surface area contributed by atoms with Crippen molar-refractivity contribution in [3.63, 3.8) is 0 Å². The van der Waals surface area contributed by atoms with Crippen molar-refractivity contribution in [1.82, 2.24) is 0 Å². The lowest BCUT2D eigenvalue weighted by Crippen LogP contribution is -2.34. The summed E-state index contributed by atoms with van der Waals surface area (Å²) in [6.07, 6.45) is 1.51. The van der Waals surface area contributed by atoms with Gasteiger partial charge in [-0.3, -0.25) is 0 Å². The van der Waals surface area contributed by atoms with Crippen LogP contribution < -0.4 is 5.73 Å². The molecule has 0 fully saturated rings. The molecule has 0 amide bonds. The molecule has 0 aromatic heterocycles. The third kappa shape index (κ3) is 11.7. The first-order valence-electron chi connectivity index (χ1n) is 7.57. The van der Waals surface area contributed by atoms with E-state index in [1.807, 2.05) is 48.5 Å². The monoisotopic (exact) mass is 303 g/mol. The Morgan fingerprint density at radius 3 is 1.90 bits per heavy atom. The number of carbonyl (C=O) groups is 1. The maximum Gasteiger partial charge on any atom is 0.332 e. The Labute approximate surface area is 129 Å². The molecule has 0 heterocycles. The summed E-state index contributed by atoms with van der Waals surface area (Å²) >= 11 is 0. The summed E-state index contributed by atoms with van der Waals surface area (Å²) in [5.41, 5.74) is 4.40. The van der Waals surface area contributed by atoms with E-state index >= 15 is 0 Å². The summed E-state index contributed by atoms with van der Waals surface area (Å²) in [7, 11) is 0. The first kappa shape index (κ1) is 20.3. The van der Waals surface area contributed by atoms with Crippen molar-refractivity contribution in [1.29, 1.82) is 0 Å². The van der Waals surface area contributed by atoms with E-state index in [1.54, 1.807) is 0 Å². The fraction of sp³-hybridized carbons (Fsp3) is 0.938. The number of ether oxygens (including phenoxy) is 3. The van der Waals surface area contributed by atoms with Crippen molar-refractivity contribution in [2.24, 2.45) is 5.73 Å². The van der Waals surface area contributed by atoms with Gasteiger partial charge in [-0.25, -0.2) is 4.79 Å². The summed E-state index contributed by atoms with van der Waals surface area (Å²) in [4.78, 5) is 11.6. The van der Waals surface area contributed by atoms with Gasteiger partial charge in [0, 0.05) is 0 Å². The predicted octanol–water partition coefficient (Wildman–Crippen LogP) is 2.66. The highest BCUT2D eigenvalue weighted by atomic mass is 16.6. The van der Waals surface area contributed by atoms with Gasteiger partial charge in [0.25, 0.3) is 0 Å². The van der Waals surface area contributed by atoms with Gasteiger partial charge in [0.1, 0.15) is 12.2 Å². The maximum atomic E-state index is 11.6. The number of carbonyl (C=O) groups excluding carboxylic acids is 1. The molecule has 126 valence electrons. The van der Waals surface area contributed by atoms with E-state index in [2.05, 4.69) is 0 Å². The zero-order valence-corrected chi connectivity index (χ0v) is 14.7. The minimum absolute atomic E-state index is 0.0452. The quantitative estimate of drug-likeness (QED) is 0.663. The lowest BCUT2D eigenvalue weighted by Gasteiger charge is -2.29. The third-order valence-electron chi connectivity index (χ3n) is 2.94. The van der Waals surface area contributed by atoms with Gasteiger partial charge in [0.2, 0.25) is 0 Å². The molecule has 0 saturated carbocycles. The lowest BCUT2D eigenvalue weighted by molar-refractivity contribution is -0.167. The molecule has 5 nitrogen and oxygen atoms in total. The van der Waals surface area contributed by atoms with E-state index in [-0.39, 0.29) is 18.2 Å². The van der Waals surface area contributed by atoms with Gasteiger partial charge >= 0.3 is 5.97 Å². The molecule has 0 aliphatic heterocycles. The van der Waals surface area contributed by atoms with Gasteiger partial charge in [-0.15, -0.1) is 0 Å². The fourth-order valence-electron chi connectivity index (χ4n) is 1.69. The molecule has 0 aromatic carbocycles. The van der Waals surface area contributed by atoms with Gasteiger partial charge in [-0.1, -0.05) is 0 Å². The Hall–Kier alpha value is -0.650. The zero-order valence-electron chi connectivity index (χ0n) is 14.7. The van der Waals surface area contributed by atoms with E-state index in [4.69, 9.17) is 19.9 Å². The van der Waals surface area contributed by atoms with Crippen molar-refractivity contribution >= 4 is 5.97 Å². The Kier molecular flexibility index (Phi) is 7.86. The van der Waals surface area contributed by atoms with Gasteiger partial charge in [-0.2, -0.15) is 0 Å². The van der Waals surface area contributed by atoms with Crippen LogP contribution in [0.3, 0.4) is 0 Å². The van der Waals surface area contributed by atoms with Crippen LogP contribution in [0.2, 0.25) is 0 Å². The van der Waals surface area contributed by atoms with Crippen LogP contribution in [0, 0.1) is 0 Å². The van der Waals surface area contributed by atoms with E-state index in [0.29, 0.717) is 19.6 Å². The first-order chi connectivity index (χ1) is 9.37. The second kappa shape index (κ2) is 8.11. The average Bonchev–Trinajstić information content (AvgIpc) is 2.23. The Morgan fingerprint density at radius 2 is 1.43 bits per heavy atom. The number of nitrogens with two attached hydrogens (primary N) is 1. The zero-order chi connectivity index (χ0) is 16.7. The molecule has 0 aliphatic rings. The second-order valence-electron chi connectivity index (χ2n) is 7.53. The SMILES string of the molecule is CC(C)(C)OC(=O)COC(C)(C)CCOC(C)(C)CCN. The molecule has 0 spiro atoms. The molecule has 0 aromatic rings. The Morgan fingerprint density at radius 1 is 0.905 bits per heavy atom. The van der Waals surface area contributed by atoms with Crippen molar-refractivity contribution in [2.75, 3.05) is 19.8 Å². The van der Waals surface area contributed by atoms with Crippen LogP contribution in [0.4, 0.5) is 0 Å². The van der Waals surface area contributed by atoms with E-state index in [9.17, 15) is 4.79 Å². The molecule has 0 rings (SSSR count). The third-order valence-corrected chi connectivity index (χ3v) is 2.94. The molecule has 0 aliphatic carbocycles. The van der Waals surface area contributed by atoms with Crippen molar-refractivity contribution in [3.8, 4) is 0 Å². The van der Waals surface area contributed by atoms with Gasteiger partial charge in [0.15, 0.2) is 0 Å². The molecule has 0 unspecified atom stereocenters. The number of hydrogen-bond acceptors (Lipinski definition) is 5. The molecule has 0 bridgehead atoms. The number of esters is 1. The summed E-state index contributed by atoms with van der Waals surface area (Å²) in [5.74, 6) is -0.347. The topological polar surface area (TPSA) is 70.8 Å². The molecule has 2 N–H and O–H groups in total. The van der Waals surface area contributed by atoms with E-state index < -0.39 is 11.2 Å². The van der Waals surface area contributed by atoms with Crippen molar-refractivity contribution in [3.05, 3.63) is 0 Å². The summed E-state index contributed by atoms with van der Waals surface area (Å²) < 4.78 is 16.7. The highest BCUT2D eigenvalue weighted by Gasteiger charge is 2.24. The summed E-state index contributed by atoms with van der Waals surface area (Å²) in [6.45, 7) is 14.6. The molecule has 5 heteroatoms. The fourth-order valence-corrected chi connectivity index (χ4v) is 1.69. The van der Waals surface area contributed by atoms with E-state index in [0.717, 1.165) is 6.42 Å². The van der Waals surface area contributed by atoms with Crippen LogP contribution >= 0.6 is 0 Å². The van der Waals surface area contributed by atoms with Crippen LogP contribution in [0.15, 0.2) is 0 Å². The minimum Gasteiger partial charge on any atom is -0.458 e. The molecular formula is C16H33NO4. The summed E-state index contributed by atoms with van der Waals surface area (Å²) in [5, 5.41) is 0. The van der Waals surface area contributed by atoms with Crippen LogP contribution in [0.1, 0.15) is 61.3 Å². The van der Waals surface area contributed by atoms with E-state index in [1.165, 1.54) is 0 Å². The standard InChI is InChI=1S/C16H33NO4/c1-14(2,3)21-13(18)12-20-16(6,7)9-11-19-15(4,5)8-10-17/h8-12,17H2,1-7H3. The molecule has 0 atom stereocenters. The Bertz CT molecular complexity index is 319. The molecular weight excluding hydrogens is 270 g/mol. The second-order valence-corrected chi connectivity index (χ2v) is 7.53. The van der Waals surface area contributed by atoms with Crippen LogP contribution in [-0.4, -0.2) is 42.5 Å². The molecule has 0 radical (unpaired) electrons. The maximum absolute atomic E-state index is 11.6. The van der Waals surface area contributed by atoms with Gasteiger partial charge < -0.3 is 19.9 Å². The first-order valence-corrected chi connectivity index (χ1v) is 7.57. The normalized spacial score (nSPS) is 13.3. The highest BCUT2D eigenvalue weighted by molar-refractivity contribution is 5.71. The Balaban J connectivity index is 4.07. The predicted molar refractivity (Wildman–Crippen MR) is 84.2 cm³/mol. The molecule has 21 heavy (non-hydrogen) atoms. The van der Waals surface area contributed by atoms with Crippen molar-refractivity contribution in [2.45, 2.75) is 78.1 Å². The lowest BCUT2D eigenvalue weighted by atomic mass is 10.0. The highest BCUT2D eigenvalue weighted by Crippen LogP contribution is 2.19. The van der Waals surface area contributed by atoms with Crippen LogP contribution in [-0.2, 0) is 19.0 Å². The summed E-state index contributed by atoms with van der Waals surface area (Å²) in [6, 6.07) is 0. The minimum atomic E-state index is -0.486. The average molecular weight is 303 g/mol.